The smallest absolute Gasteiger partial charge is 0.241 e. The Hall–Kier alpha value is -3.88. The highest BCUT2D eigenvalue weighted by Gasteiger charge is 2.15. The molecule has 5 aromatic heterocycles. The fourth-order valence-corrected chi connectivity index (χ4v) is 3.45. The number of aryl methyl sites for hydroxylation is 1. The summed E-state index contributed by atoms with van der Waals surface area (Å²) in [4.78, 5) is 21.5. The highest BCUT2D eigenvalue weighted by Crippen LogP contribution is 2.27. The summed E-state index contributed by atoms with van der Waals surface area (Å²) in [6.07, 6.45) is 5.11. The molecule has 0 fully saturated rings. The van der Waals surface area contributed by atoms with E-state index in [4.69, 9.17) is 4.74 Å². The molecule has 8 nitrogen and oxygen atoms in total. The molecule has 0 bridgehead atoms. The average molecular weight is 389 g/mol. The summed E-state index contributed by atoms with van der Waals surface area (Å²) >= 11 is 0. The van der Waals surface area contributed by atoms with E-state index in [2.05, 4.69) is 24.9 Å². The molecule has 0 aliphatic heterocycles. The minimum atomic E-state index is -0.505. The summed E-state index contributed by atoms with van der Waals surface area (Å²) < 4.78 is 22.8. The van der Waals surface area contributed by atoms with Gasteiger partial charge in [-0.05, 0) is 31.2 Å². The fourth-order valence-electron chi connectivity index (χ4n) is 3.45. The second kappa shape index (κ2) is 6.62. The predicted octanol–water partition coefficient (Wildman–Crippen LogP) is 3.06. The van der Waals surface area contributed by atoms with Gasteiger partial charge < -0.3 is 13.9 Å². The lowest BCUT2D eigenvalue weighted by atomic mass is 10.3. The van der Waals surface area contributed by atoms with Crippen LogP contribution in [0.25, 0.3) is 27.9 Å². The van der Waals surface area contributed by atoms with Crippen LogP contribution in [-0.2, 0) is 6.54 Å². The van der Waals surface area contributed by atoms with E-state index >= 15 is 0 Å². The Morgan fingerprint density at radius 2 is 2.00 bits per heavy atom. The lowest BCUT2D eigenvalue weighted by Gasteiger charge is -2.09. The first-order chi connectivity index (χ1) is 14.1. The predicted molar refractivity (Wildman–Crippen MR) is 105 cm³/mol. The van der Waals surface area contributed by atoms with Crippen molar-refractivity contribution in [3.63, 3.8) is 0 Å². The minimum Gasteiger partial charge on any atom is -0.479 e. The van der Waals surface area contributed by atoms with Crippen molar-refractivity contribution in [3.8, 4) is 11.6 Å². The van der Waals surface area contributed by atoms with Crippen molar-refractivity contribution < 1.29 is 9.13 Å². The molecule has 9 heteroatoms. The zero-order chi connectivity index (χ0) is 20.0. The van der Waals surface area contributed by atoms with E-state index in [9.17, 15) is 4.39 Å². The summed E-state index contributed by atoms with van der Waals surface area (Å²) in [7, 11) is 1.57. The van der Waals surface area contributed by atoms with E-state index in [1.54, 1.807) is 25.4 Å². The first-order valence-corrected chi connectivity index (χ1v) is 8.95. The van der Waals surface area contributed by atoms with Crippen molar-refractivity contribution in [2.24, 2.45) is 0 Å². The van der Waals surface area contributed by atoms with Crippen molar-refractivity contribution in [3.05, 3.63) is 66.5 Å². The number of fused-ring (bicyclic) bond motifs is 2. The van der Waals surface area contributed by atoms with Crippen LogP contribution < -0.4 is 4.74 Å². The van der Waals surface area contributed by atoms with Crippen molar-refractivity contribution >= 4 is 22.2 Å². The SMILES string of the molecule is COc1ncnc2ccn(-c3cnc4nc(C)n(Cc5cccc(F)n5)c4c3)c12. The fraction of sp³-hybridized carbons (Fsp3) is 0.150. The lowest BCUT2D eigenvalue weighted by Crippen LogP contribution is -2.05. The highest BCUT2D eigenvalue weighted by atomic mass is 19.1. The topological polar surface area (TPSA) is 83.5 Å². The highest BCUT2D eigenvalue weighted by molar-refractivity contribution is 5.83. The molecular weight excluding hydrogens is 373 g/mol. The molecule has 0 unspecified atom stereocenters. The molecule has 5 heterocycles. The van der Waals surface area contributed by atoms with E-state index < -0.39 is 5.95 Å². The second-order valence-electron chi connectivity index (χ2n) is 6.54. The standard InChI is InChI=1S/C20H16FN7O/c1-12-25-19-16(28(12)10-13-4-3-5-17(21)26-13)8-14(9-22-19)27-7-6-15-18(27)20(29-2)24-11-23-15/h3-9,11H,10H2,1-2H3. The Kier molecular flexibility index (Phi) is 3.94. The molecule has 144 valence electrons. The second-order valence-corrected chi connectivity index (χ2v) is 6.54. The van der Waals surface area contributed by atoms with Gasteiger partial charge in [-0.1, -0.05) is 6.07 Å². The Balaban J connectivity index is 1.66. The number of rotatable bonds is 4. The van der Waals surface area contributed by atoms with Crippen molar-refractivity contribution in [2.45, 2.75) is 13.5 Å². The van der Waals surface area contributed by atoms with Crippen molar-refractivity contribution in [1.82, 2.24) is 34.1 Å². The first-order valence-electron chi connectivity index (χ1n) is 8.95. The van der Waals surface area contributed by atoms with Gasteiger partial charge in [0.1, 0.15) is 17.7 Å². The maximum atomic E-state index is 13.5. The van der Waals surface area contributed by atoms with Crippen LogP contribution in [0.15, 0.2) is 49.1 Å². The van der Waals surface area contributed by atoms with Gasteiger partial charge in [-0.25, -0.2) is 19.9 Å². The third-order valence-electron chi connectivity index (χ3n) is 4.79. The van der Waals surface area contributed by atoms with E-state index in [0.29, 0.717) is 23.8 Å². The summed E-state index contributed by atoms with van der Waals surface area (Å²) in [6.45, 7) is 2.28. The van der Waals surface area contributed by atoms with E-state index in [1.807, 2.05) is 34.4 Å². The number of hydrogen-bond acceptors (Lipinski definition) is 6. The monoisotopic (exact) mass is 389 g/mol. The Morgan fingerprint density at radius 1 is 1.10 bits per heavy atom. The van der Waals surface area contributed by atoms with Crippen LogP contribution in [0.4, 0.5) is 4.39 Å². The molecule has 0 atom stereocenters. The van der Waals surface area contributed by atoms with Gasteiger partial charge in [-0.3, -0.25) is 0 Å². The van der Waals surface area contributed by atoms with Gasteiger partial charge in [0.05, 0.1) is 42.3 Å². The number of aromatic nitrogens is 7. The van der Waals surface area contributed by atoms with Crippen LogP contribution in [0.2, 0.25) is 0 Å². The van der Waals surface area contributed by atoms with E-state index in [0.717, 1.165) is 28.1 Å². The first kappa shape index (κ1) is 17.2. The summed E-state index contributed by atoms with van der Waals surface area (Å²) in [5.74, 6) is 0.747. The number of imidazole rings is 1. The number of nitrogens with zero attached hydrogens (tertiary/aromatic N) is 7. The number of methoxy groups -OCH3 is 1. The molecule has 0 amide bonds. The van der Waals surface area contributed by atoms with Gasteiger partial charge in [0.15, 0.2) is 5.65 Å². The number of hydrogen-bond donors (Lipinski definition) is 0. The van der Waals surface area contributed by atoms with Crippen LogP contribution in [-0.4, -0.2) is 41.2 Å². The maximum absolute atomic E-state index is 13.5. The third-order valence-corrected chi connectivity index (χ3v) is 4.79. The molecule has 0 aliphatic carbocycles. The normalized spacial score (nSPS) is 11.4. The lowest BCUT2D eigenvalue weighted by molar-refractivity contribution is 0.401. The number of ether oxygens (including phenoxy) is 1. The van der Waals surface area contributed by atoms with Crippen molar-refractivity contribution in [1.29, 1.82) is 0 Å². The number of halogens is 1. The molecule has 0 aliphatic rings. The van der Waals surface area contributed by atoms with Gasteiger partial charge in [0.25, 0.3) is 0 Å². The van der Waals surface area contributed by atoms with Crippen LogP contribution in [0, 0.1) is 12.9 Å². The van der Waals surface area contributed by atoms with E-state index in [-0.39, 0.29) is 0 Å². The Bertz CT molecular complexity index is 1360. The van der Waals surface area contributed by atoms with Crippen LogP contribution in [0.1, 0.15) is 11.5 Å². The molecule has 29 heavy (non-hydrogen) atoms. The Labute approximate surface area is 164 Å². The molecule has 0 N–H and O–H groups in total. The average Bonchev–Trinajstić information content (AvgIpc) is 3.29. The summed E-state index contributed by atoms with van der Waals surface area (Å²) in [5, 5.41) is 0. The zero-order valence-corrected chi connectivity index (χ0v) is 15.7. The zero-order valence-electron chi connectivity index (χ0n) is 15.7. The summed E-state index contributed by atoms with van der Waals surface area (Å²) in [5.41, 5.74) is 4.38. The molecule has 5 aromatic rings. The van der Waals surface area contributed by atoms with Gasteiger partial charge >= 0.3 is 0 Å². The quantitative estimate of drug-likeness (QED) is 0.439. The molecular formula is C20H16FN7O. The molecule has 0 saturated heterocycles. The van der Waals surface area contributed by atoms with Crippen LogP contribution >= 0.6 is 0 Å². The minimum absolute atomic E-state index is 0.393. The van der Waals surface area contributed by atoms with Crippen LogP contribution in [0.5, 0.6) is 5.88 Å². The van der Waals surface area contributed by atoms with Gasteiger partial charge in [-0.15, -0.1) is 0 Å². The van der Waals surface area contributed by atoms with Gasteiger partial charge in [0, 0.05) is 6.20 Å². The Morgan fingerprint density at radius 3 is 2.83 bits per heavy atom. The molecule has 0 saturated carbocycles. The van der Waals surface area contributed by atoms with Crippen molar-refractivity contribution in [2.75, 3.05) is 7.11 Å². The molecule has 5 rings (SSSR count). The summed E-state index contributed by atoms with van der Waals surface area (Å²) in [6, 6.07) is 8.63. The number of pyridine rings is 2. The third kappa shape index (κ3) is 2.87. The molecule has 0 aromatic carbocycles. The maximum Gasteiger partial charge on any atom is 0.241 e. The van der Waals surface area contributed by atoms with Gasteiger partial charge in [-0.2, -0.15) is 9.37 Å². The molecule has 0 spiro atoms. The molecule has 0 radical (unpaired) electrons. The van der Waals surface area contributed by atoms with Gasteiger partial charge in [0.2, 0.25) is 11.8 Å². The van der Waals surface area contributed by atoms with E-state index in [1.165, 1.54) is 12.4 Å². The largest absolute Gasteiger partial charge is 0.479 e. The van der Waals surface area contributed by atoms with Crippen LogP contribution in [0.3, 0.4) is 0 Å².